The Bertz CT molecular complexity index is 1030. The molecule has 2 amide bonds. The van der Waals surface area contributed by atoms with Crippen LogP contribution in [-0.4, -0.2) is 35.3 Å². The fraction of sp³-hybridized carbons (Fsp3) is 0.294. The van der Waals surface area contributed by atoms with Gasteiger partial charge in [-0.05, 0) is 25.1 Å². The summed E-state index contributed by atoms with van der Waals surface area (Å²) in [4.78, 5) is 28.3. The summed E-state index contributed by atoms with van der Waals surface area (Å²) in [6, 6.07) is 7.10. The molecule has 3 aromatic rings. The van der Waals surface area contributed by atoms with Gasteiger partial charge >= 0.3 is 5.91 Å². The van der Waals surface area contributed by atoms with E-state index in [2.05, 4.69) is 15.5 Å². The van der Waals surface area contributed by atoms with Crippen molar-refractivity contribution in [2.24, 2.45) is 4.99 Å². The molecule has 0 fully saturated rings. The quantitative estimate of drug-likeness (QED) is 0.739. The van der Waals surface area contributed by atoms with Crippen molar-refractivity contribution in [3.8, 4) is 0 Å². The first-order valence-corrected chi connectivity index (χ1v) is 8.72. The number of benzene rings is 1. The number of aromatic nitrogens is 2. The van der Waals surface area contributed by atoms with Gasteiger partial charge in [-0.1, -0.05) is 16.5 Å². The molecule has 1 N–H and O–H groups in total. The van der Waals surface area contributed by atoms with Gasteiger partial charge in [0.15, 0.2) is 4.80 Å². The van der Waals surface area contributed by atoms with Crippen molar-refractivity contribution in [2.45, 2.75) is 20.4 Å². The van der Waals surface area contributed by atoms with Crippen molar-refractivity contribution in [3.63, 3.8) is 0 Å². The lowest BCUT2D eigenvalue weighted by Gasteiger charge is -2.05. The van der Waals surface area contributed by atoms with E-state index < -0.39 is 5.91 Å². The van der Waals surface area contributed by atoms with Gasteiger partial charge in [-0.25, -0.2) is 0 Å². The number of amides is 2. The lowest BCUT2D eigenvalue weighted by molar-refractivity contribution is -0.114. The number of thiazole rings is 1. The third kappa shape index (κ3) is 3.89. The largest absolute Gasteiger partial charge is 0.383 e. The number of rotatable bonds is 5. The molecule has 0 bridgehead atoms. The van der Waals surface area contributed by atoms with Crippen LogP contribution in [-0.2, 0) is 16.1 Å². The number of fused-ring (bicyclic) bond motifs is 1. The molecule has 8 nitrogen and oxygen atoms in total. The fourth-order valence-corrected chi connectivity index (χ4v) is 3.54. The van der Waals surface area contributed by atoms with Crippen molar-refractivity contribution < 1.29 is 18.8 Å². The summed E-state index contributed by atoms with van der Waals surface area (Å²) >= 11 is 1.35. The van der Waals surface area contributed by atoms with Crippen LogP contribution in [0.5, 0.6) is 0 Å². The first kappa shape index (κ1) is 18.0. The van der Waals surface area contributed by atoms with Gasteiger partial charge in [0.25, 0.3) is 0 Å². The van der Waals surface area contributed by atoms with E-state index in [-0.39, 0.29) is 11.7 Å². The number of anilines is 1. The van der Waals surface area contributed by atoms with Gasteiger partial charge in [-0.15, -0.1) is 0 Å². The normalized spacial score (nSPS) is 11.9. The fourth-order valence-electron chi connectivity index (χ4n) is 2.44. The topological polar surface area (TPSA) is 98.7 Å². The van der Waals surface area contributed by atoms with Crippen LogP contribution in [0.25, 0.3) is 10.2 Å². The number of carbonyl (C=O) groups excluding carboxylic acids is 2. The van der Waals surface area contributed by atoms with E-state index in [1.165, 1.54) is 18.3 Å². The average molecular weight is 374 g/mol. The Balaban J connectivity index is 2.08. The second-order valence-electron chi connectivity index (χ2n) is 5.64. The van der Waals surface area contributed by atoms with Crippen LogP contribution >= 0.6 is 11.3 Å². The predicted octanol–water partition coefficient (Wildman–Crippen LogP) is 2.35. The number of hydrogen-bond acceptors (Lipinski definition) is 6. The molecule has 136 valence electrons. The number of nitrogens with zero attached hydrogens (tertiary/aromatic N) is 3. The van der Waals surface area contributed by atoms with E-state index >= 15 is 0 Å². The molecule has 9 heteroatoms. The molecular formula is C17H18N4O4S. The number of ether oxygens (including phenoxy) is 1. The second kappa shape index (κ2) is 7.63. The molecule has 3 rings (SSSR count). The summed E-state index contributed by atoms with van der Waals surface area (Å²) in [5.74, 6) is -0.545. The van der Waals surface area contributed by atoms with Crippen molar-refractivity contribution in [2.75, 3.05) is 19.0 Å². The minimum absolute atomic E-state index is 0.0946. The first-order chi connectivity index (χ1) is 12.5. The molecule has 0 radical (unpaired) electrons. The highest BCUT2D eigenvalue weighted by Crippen LogP contribution is 2.22. The Kier molecular flexibility index (Phi) is 5.29. The molecule has 0 unspecified atom stereocenters. The third-order valence-electron chi connectivity index (χ3n) is 3.56. The first-order valence-electron chi connectivity index (χ1n) is 7.90. The van der Waals surface area contributed by atoms with Gasteiger partial charge in [0.1, 0.15) is 0 Å². The maximum atomic E-state index is 12.3. The zero-order valence-electron chi connectivity index (χ0n) is 14.6. The van der Waals surface area contributed by atoms with E-state index in [1.54, 1.807) is 20.1 Å². The van der Waals surface area contributed by atoms with Crippen molar-refractivity contribution in [3.05, 3.63) is 40.5 Å². The summed E-state index contributed by atoms with van der Waals surface area (Å²) in [5.41, 5.74) is 2.21. The van der Waals surface area contributed by atoms with Gasteiger partial charge in [-0.3, -0.25) is 9.59 Å². The van der Waals surface area contributed by atoms with E-state index in [0.29, 0.717) is 29.3 Å². The van der Waals surface area contributed by atoms with E-state index in [4.69, 9.17) is 9.26 Å². The number of nitrogens with one attached hydrogen (secondary N) is 1. The SMILES string of the molecule is COCCn1c(=NC(=O)c2cc(C)no2)sc2cc(NC(C)=O)ccc21. The lowest BCUT2D eigenvalue weighted by atomic mass is 10.3. The molecule has 1 aromatic carbocycles. The smallest absolute Gasteiger partial charge is 0.318 e. The van der Waals surface area contributed by atoms with Gasteiger partial charge in [0, 0.05) is 32.3 Å². The highest BCUT2D eigenvalue weighted by molar-refractivity contribution is 7.16. The molecule has 26 heavy (non-hydrogen) atoms. The second-order valence-corrected chi connectivity index (χ2v) is 6.65. The molecule has 2 heterocycles. The zero-order valence-corrected chi connectivity index (χ0v) is 15.4. The van der Waals surface area contributed by atoms with Gasteiger partial charge in [-0.2, -0.15) is 4.99 Å². The van der Waals surface area contributed by atoms with E-state index in [9.17, 15) is 9.59 Å². The van der Waals surface area contributed by atoms with Crippen molar-refractivity contribution in [1.82, 2.24) is 9.72 Å². The molecule has 0 spiro atoms. The molecule has 0 atom stereocenters. The van der Waals surface area contributed by atoms with Gasteiger partial charge in [0.05, 0.1) is 22.5 Å². The summed E-state index contributed by atoms with van der Waals surface area (Å²) in [5, 5.41) is 6.47. The van der Waals surface area contributed by atoms with Gasteiger partial charge < -0.3 is 19.1 Å². The Hall–Kier alpha value is -2.78. The Morgan fingerprint density at radius 2 is 2.19 bits per heavy atom. The van der Waals surface area contributed by atoms with E-state index in [1.807, 2.05) is 22.8 Å². The van der Waals surface area contributed by atoms with Crippen LogP contribution in [0.2, 0.25) is 0 Å². The van der Waals surface area contributed by atoms with Crippen molar-refractivity contribution in [1.29, 1.82) is 0 Å². The monoisotopic (exact) mass is 374 g/mol. The average Bonchev–Trinajstić information content (AvgIpc) is 3.15. The molecule has 0 aliphatic heterocycles. The summed E-state index contributed by atoms with van der Waals surface area (Å²) in [7, 11) is 1.61. The predicted molar refractivity (Wildman–Crippen MR) is 97.1 cm³/mol. The molecule has 0 aliphatic carbocycles. The minimum atomic E-state index is -0.495. The van der Waals surface area contributed by atoms with Gasteiger partial charge in [0.2, 0.25) is 11.7 Å². The third-order valence-corrected chi connectivity index (χ3v) is 4.60. The van der Waals surface area contributed by atoms with Crippen LogP contribution in [0.3, 0.4) is 0 Å². The number of aryl methyl sites for hydroxylation is 1. The van der Waals surface area contributed by atoms with Crippen LogP contribution in [0.4, 0.5) is 5.69 Å². The number of hydrogen-bond donors (Lipinski definition) is 1. The van der Waals surface area contributed by atoms with Crippen LogP contribution in [0.15, 0.2) is 33.8 Å². The highest BCUT2D eigenvalue weighted by atomic mass is 32.1. The summed E-state index contributed by atoms with van der Waals surface area (Å²) < 4.78 is 12.9. The maximum Gasteiger partial charge on any atom is 0.318 e. The lowest BCUT2D eigenvalue weighted by Crippen LogP contribution is -2.19. The maximum absolute atomic E-state index is 12.3. The zero-order chi connectivity index (χ0) is 18.7. The summed E-state index contributed by atoms with van der Waals surface area (Å²) in [6.07, 6.45) is 0. The minimum Gasteiger partial charge on any atom is -0.383 e. The molecule has 0 saturated carbocycles. The van der Waals surface area contributed by atoms with Crippen molar-refractivity contribution >= 4 is 39.1 Å². The molecule has 2 aromatic heterocycles. The highest BCUT2D eigenvalue weighted by Gasteiger charge is 2.13. The Morgan fingerprint density at radius 1 is 1.38 bits per heavy atom. The number of methoxy groups -OCH3 is 1. The molecular weight excluding hydrogens is 356 g/mol. The van der Waals surface area contributed by atoms with E-state index in [0.717, 1.165) is 10.2 Å². The molecule has 0 aliphatic rings. The van der Waals surface area contributed by atoms with Crippen LogP contribution < -0.4 is 10.1 Å². The van der Waals surface area contributed by atoms with Crippen LogP contribution in [0.1, 0.15) is 23.2 Å². The molecule has 0 saturated heterocycles. The number of carbonyl (C=O) groups is 2. The standard InChI is InChI=1S/C17H18N4O4S/c1-10-8-14(25-20-10)16(23)19-17-21(6-7-24-3)13-5-4-12(18-11(2)22)9-15(13)26-17/h4-5,8-9H,6-7H2,1-3H3,(H,18,22). The Morgan fingerprint density at radius 3 is 2.85 bits per heavy atom. The van der Waals surface area contributed by atoms with Crippen LogP contribution in [0, 0.1) is 6.92 Å². The Labute approximate surface area is 153 Å². The summed E-state index contributed by atoms with van der Waals surface area (Å²) in [6.45, 7) is 4.21.